The number of hydrogen-bond donors (Lipinski definition) is 0. The van der Waals surface area contributed by atoms with Crippen LogP contribution in [0, 0.1) is 13.8 Å². The van der Waals surface area contributed by atoms with Crippen molar-refractivity contribution in [3.63, 3.8) is 0 Å². The topological polar surface area (TPSA) is 23.1 Å². The summed E-state index contributed by atoms with van der Waals surface area (Å²) in [6.07, 6.45) is 7.32. The summed E-state index contributed by atoms with van der Waals surface area (Å²) in [4.78, 5) is 0. The third-order valence-corrected chi connectivity index (χ3v) is 6.15. The Morgan fingerprint density at radius 3 is 0.880 bits per heavy atom. The maximum atomic E-state index is 12.6. The van der Waals surface area contributed by atoms with Gasteiger partial charge in [0.2, 0.25) is 0 Å². The van der Waals surface area contributed by atoms with Crippen LogP contribution in [0.4, 0.5) is 0 Å². The molecule has 0 amide bonds. The van der Waals surface area contributed by atoms with Gasteiger partial charge < -0.3 is 19.0 Å². The molecule has 0 aliphatic carbocycles. The van der Waals surface area contributed by atoms with Crippen molar-refractivity contribution in [1.29, 1.82) is 0 Å². The minimum Gasteiger partial charge on any atom is -0.849 e. The summed E-state index contributed by atoms with van der Waals surface area (Å²) in [5, 5.41) is 12.6. The van der Waals surface area contributed by atoms with Gasteiger partial charge in [-0.15, -0.1) is 29.4 Å². The summed E-state index contributed by atoms with van der Waals surface area (Å²) in [7, 11) is -0.124. The molecule has 0 bridgehead atoms. The first kappa shape index (κ1) is 42.2. The molecule has 0 N–H and O–H groups in total. The second-order valence-corrected chi connectivity index (χ2v) is 14.0. The van der Waals surface area contributed by atoms with Crippen LogP contribution in [-0.4, -0.2) is 64.1 Å². The van der Waals surface area contributed by atoms with E-state index in [9.17, 15) is 5.11 Å². The van der Waals surface area contributed by atoms with Crippen molar-refractivity contribution in [1.82, 2.24) is 0 Å². The van der Waals surface area contributed by atoms with E-state index in [-0.39, 0.29) is 80.3 Å². The second-order valence-electron chi connectivity index (χ2n) is 6.60. The van der Waals surface area contributed by atoms with Crippen LogP contribution in [0.2, 0.25) is 0 Å². The molecule has 0 aliphatic rings. The third kappa shape index (κ3) is 42.2. The van der Waals surface area contributed by atoms with Crippen LogP contribution in [0.25, 0.3) is 0 Å². The Labute approximate surface area is 201 Å². The Bertz CT molecular complexity index is 185. The van der Waals surface area contributed by atoms with Gasteiger partial charge in [-0.2, -0.15) is 12.8 Å². The Balaban J connectivity index is -0.0000000697. The fourth-order valence-corrected chi connectivity index (χ4v) is 6.54. The predicted octanol–water partition coefficient (Wildman–Crippen LogP) is -3.44. The van der Waals surface area contributed by atoms with Gasteiger partial charge >= 0.3 is 56.6 Å². The molecular weight excluding hydrogens is 346 g/mol. The molecule has 0 atom stereocenters. The molecule has 0 saturated carbocycles. The molecule has 0 heterocycles. The smallest absolute Gasteiger partial charge is 0.849 e. The van der Waals surface area contributed by atoms with Gasteiger partial charge in [0.1, 0.15) is 0 Å². The van der Waals surface area contributed by atoms with Crippen LogP contribution in [0.1, 0.15) is 39.5 Å². The van der Waals surface area contributed by atoms with E-state index < -0.39 is 5.60 Å². The zero-order valence-electron chi connectivity index (χ0n) is 19.6. The van der Waals surface area contributed by atoms with Crippen molar-refractivity contribution in [3.05, 3.63) is 13.8 Å². The minimum absolute atomic E-state index is 0. The summed E-state index contributed by atoms with van der Waals surface area (Å²) in [5.74, 6) is 0. The van der Waals surface area contributed by atoms with E-state index in [0.717, 1.165) is 31.3 Å². The van der Waals surface area contributed by atoms with Gasteiger partial charge in [0.15, 0.2) is 0 Å². The standard InChI is InChI=1S/C10H24OP3.2C4H9.3Li/c1-12(2)7-10(11,8-13(3)4)9-14(5)6;2*1-3-4-2;;;/h7-9H2,1-6H3;2*1,3-4H2,2H3;;;/q3*-1;3*+1. The number of hydrogen-bond acceptors (Lipinski definition) is 1. The van der Waals surface area contributed by atoms with Gasteiger partial charge in [0.25, 0.3) is 0 Å². The summed E-state index contributed by atoms with van der Waals surface area (Å²) >= 11 is 0. The summed E-state index contributed by atoms with van der Waals surface area (Å²) in [6, 6.07) is 0. The predicted molar refractivity (Wildman–Crippen MR) is 114 cm³/mol. The van der Waals surface area contributed by atoms with E-state index in [1.54, 1.807) is 0 Å². The monoisotopic (exact) mass is 388 g/mol. The average Bonchev–Trinajstić information content (AvgIpc) is 2.35. The normalized spacial score (nSPS) is 9.84. The van der Waals surface area contributed by atoms with Crippen molar-refractivity contribution in [3.8, 4) is 0 Å². The van der Waals surface area contributed by atoms with Gasteiger partial charge in [-0.05, 0) is 58.5 Å². The SMILES string of the molecule is CP(C)CC([O-])(CP(C)C)CP(C)C.[CH2-]CCC.[CH2-]CCC.[Li+].[Li+].[Li+]. The van der Waals surface area contributed by atoms with E-state index in [0.29, 0.717) is 0 Å². The molecule has 0 aromatic rings. The van der Waals surface area contributed by atoms with E-state index in [1.807, 2.05) is 0 Å². The van der Waals surface area contributed by atoms with Gasteiger partial charge in [0.05, 0.1) is 0 Å². The van der Waals surface area contributed by atoms with Crippen LogP contribution in [0.5, 0.6) is 0 Å². The quantitative estimate of drug-likeness (QED) is 0.241. The Morgan fingerprint density at radius 2 is 0.800 bits per heavy atom. The Kier molecular flexibility index (Phi) is 49.4. The molecular formula is C18H42Li3OP3. The Morgan fingerprint density at radius 1 is 0.640 bits per heavy atom. The molecule has 7 heteroatoms. The van der Waals surface area contributed by atoms with Crippen LogP contribution in [-0.2, 0) is 0 Å². The van der Waals surface area contributed by atoms with Crippen molar-refractivity contribution < 1.29 is 61.7 Å². The van der Waals surface area contributed by atoms with Crippen LogP contribution >= 0.6 is 23.8 Å². The van der Waals surface area contributed by atoms with Crippen molar-refractivity contribution in [2.75, 3.05) is 58.5 Å². The Hall–Kier alpha value is 3.04. The van der Waals surface area contributed by atoms with Crippen molar-refractivity contribution >= 4 is 23.8 Å². The molecule has 0 rings (SSSR count). The van der Waals surface area contributed by atoms with E-state index in [2.05, 4.69) is 67.7 Å². The molecule has 0 saturated heterocycles. The van der Waals surface area contributed by atoms with E-state index >= 15 is 0 Å². The van der Waals surface area contributed by atoms with Gasteiger partial charge in [0, 0.05) is 0 Å². The fraction of sp³-hybridized carbons (Fsp3) is 0.889. The first-order valence-electron chi connectivity index (χ1n) is 8.31. The first-order valence-corrected chi connectivity index (χ1v) is 15.6. The fourth-order valence-electron chi connectivity index (χ4n) is 1.88. The van der Waals surface area contributed by atoms with Crippen molar-refractivity contribution in [2.45, 2.75) is 45.1 Å². The molecule has 1 nitrogen and oxygen atoms in total. The molecule has 0 spiro atoms. The van der Waals surface area contributed by atoms with Gasteiger partial charge in [-0.25, -0.2) is 0 Å². The van der Waals surface area contributed by atoms with Gasteiger partial charge in [-0.1, -0.05) is 26.7 Å². The molecule has 0 aromatic carbocycles. The average molecular weight is 388 g/mol. The van der Waals surface area contributed by atoms with Crippen LogP contribution in [0.15, 0.2) is 0 Å². The second kappa shape index (κ2) is 29.2. The maximum absolute atomic E-state index is 12.6. The molecule has 0 aromatic heterocycles. The van der Waals surface area contributed by atoms with Gasteiger partial charge in [-0.3, -0.25) is 0 Å². The molecule has 25 heavy (non-hydrogen) atoms. The molecule has 138 valence electrons. The summed E-state index contributed by atoms with van der Waals surface area (Å²) in [5.41, 5.74) is -0.598. The zero-order chi connectivity index (χ0) is 18.2. The number of unbranched alkanes of at least 4 members (excludes halogenated alkanes) is 2. The first-order chi connectivity index (χ1) is 10.1. The van der Waals surface area contributed by atoms with E-state index in [1.165, 1.54) is 12.8 Å². The summed E-state index contributed by atoms with van der Waals surface area (Å²) in [6.45, 7) is 24.8. The number of rotatable bonds is 8. The van der Waals surface area contributed by atoms with Crippen LogP contribution in [0.3, 0.4) is 0 Å². The largest absolute Gasteiger partial charge is 1.00 e. The third-order valence-electron chi connectivity index (χ3n) is 2.52. The molecule has 0 unspecified atom stereocenters. The van der Waals surface area contributed by atoms with E-state index in [4.69, 9.17) is 0 Å². The van der Waals surface area contributed by atoms with Crippen LogP contribution < -0.4 is 61.7 Å². The molecule has 0 fully saturated rings. The summed E-state index contributed by atoms with van der Waals surface area (Å²) < 4.78 is 0. The molecule has 0 aliphatic heterocycles. The zero-order valence-corrected chi connectivity index (χ0v) is 22.3. The minimum atomic E-state index is -0.598. The molecule has 0 radical (unpaired) electrons. The maximum Gasteiger partial charge on any atom is 1.00 e. The van der Waals surface area contributed by atoms with Crippen molar-refractivity contribution in [2.24, 2.45) is 0 Å².